The lowest BCUT2D eigenvalue weighted by atomic mass is 9.92. The third-order valence-electron chi connectivity index (χ3n) is 3.83. The molecule has 4 nitrogen and oxygen atoms in total. The zero-order valence-corrected chi connectivity index (χ0v) is 12.3. The van der Waals surface area contributed by atoms with Gasteiger partial charge in [0, 0.05) is 10.9 Å². The highest BCUT2D eigenvalue weighted by molar-refractivity contribution is 6.00. The van der Waals surface area contributed by atoms with Gasteiger partial charge in [-0.25, -0.2) is 9.97 Å². The van der Waals surface area contributed by atoms with Crippen LogP contribution in [-0.4, -0.2) is 15.1 Å². The van der Waals surface area contributed by atoms with Crippen molar-refractivity contribution in [3.8, 4) is 16.9 Å². The van der Waals surface area contributed by atoms with Crippen molar-refractivity contribution in [1.29, 1.82) is 0 Å². The Morgan fingerprint density at radius 3 is 2.57 bits per heavy atom. The normalized spacial score (nSPS) is 11.0. The van der Waals surface area contributed by atoms with E-state index in [1.165, 1.54) is 6.33 Å². The SMILES string of the molecule is Cc1cc(-c2c(C)ccc(O)c2C)c2ncnc(N)c2c1. The number of phenolic OH excluding ortho intramolecular Hbond substituents is 1. The van der Waals surface area contributed by atoms with E-state index in [0.29, 0.717) is 5.82 Å². The Kier molecular flexibility index (Phi) is 3.01. The smallest absolute Gasteiger partial charge is 0.134 e. The van der Waals surface area contributed by atoms with E-state index in [4.69, 9.17) is 5.73 Å². The van der Waals surface area contributed by atoms with Crippen LogP contribution in [0.25, 0.3) is 22.0 Å². The van der Waals surface area contributed by atoms with E-state index in [2.05, 4.69) is 16.0 Å². The molecule has 0 saturated carbocycles. The summed E-state index contributed by atoms with van der Waals surface area (Å²) in [6.07, 6.45) is 1.48. The molecule has 3 N–H and O–H groups in total. The van der Waals surface area contributed by atoms with Crippen LogP contribution in [0.3, 0.4) is 0 Å². The number of aromatic nitrogens is 2. The van der Waals surface area contributed by atoms with Crippen LogP contribution in [0.15, 0.2) is 30.6 Å². The number of nitrogens with two attached hydrogens (primary N) is 1. The molecule has 3 rings (SSSR count). The number of nitrogens with zero attached hydrogens (tertiary/aromatic N) is 2. The molecule has 2 aromatic carbocycles. The van der Waals surface area contributed by atoms with Crippen LogP contribution in [0.1, 0.15) is 16.7 Å². The second kappa shape index (κ2) is 4.74. The molecule has 4 heteroatoms. The lowest BCUT2D eigenvalue weighted by Crippen LogP contribution is -1.97. The zero-order chi connectivity index (χ0) is 15.1. The average Bonchev–Trinajstić information content (AvgIpc) is 2.44. The summed E-state index contributed by atoms with van der Waals surface area (Å²) in [5, 5.41) is 10.9. The Morgan fingerprint density at radius 1 is 1.05 bits per heavy atom. The molecular formula is C17H17N3O. The molecule has 0 radical (unpaired) electrons. The standard InChI is InChI=1S/C17H17N3O/c1-9-6-12(15-10(2)4-5-14(21)11(15)3)16-13(7-9)17(18)20-8-19-16/h4-8,21H,1-3H3,(H2,18,19,20). The second-order valence-corrected chi connectivity index (χ2v) is 5.37. The number of hydrogen-bond donors (Lipinski definition) is 2. The Labute approximate surface area is 123 Å². The molecule has 21 heavy (non-hydrogen) atoms. The summed E-state index contributed by atoms with van der Waals surface area (Å²) in [7, 11) is 0. The molecule has 0 aliphatic heterocycles. The molecule has 3 aromatic rings. The molecule has 0 unspecified atom stereocenters. The summed E-state index contributed by atoms with van der Waals surface area (Å²) in [4.78, 5) is 8.46. The first kappa shape index (κ1) is 13.4. The maximum atomic E-state index is 10.0. The van der Waals surface area contributed by atoms with Crippen molar-refractivity contribution in [2.75, 3.05) is 5.73 Å². The van der Waals surface area contributed by atoms with Crippen LogP contribution in [-0.2, 0) is 0 Å². The topological polar surface area (TPSA) is 72.0 Å². The summed E-state index contributed by atoms with van der Waals surface area (Å²) in [5.41, 5.74) is 11.8. The number of aryl methyl sites for hydroxylation is 2. The van der Waals surface area contributed by atoms with E-state index in [0.717, 1.165) is 38.7 Å². The number of rotatable bonds is 1. The number of benzene rings is 2. The Balaban J connectivity index is 2.47. The quantitative estimate of drug-likeness (QED) is 0.715. The van der Waals surface area contributed by atoms with Crippen LogP contribution < -0.4 is 5.73 Å². The minimum absolute atomic E-state index is 0.285. The maximum Gasteiger partial charge on any atom is 0.134 e. The number of aromatic hydroxyl groups is 1. The third-order valence-corrected chi connectivity index (χ3v) is 3.83. The first-order chi connectivity index (χ1) is 9.99. The maximum absolute atomic E-state index is 10.0. The van der Waals surface area contributed by atoms with Gasteiger partial charge in [-0.2, -0.15) is 0 Å². The first-order valence-corrected chi connectivity index (χ1v) is 6.79. The fourth-order valence-corrected chi connectivity index (χ4v) is 2.77. The third kappa shape index (κ3) is 2.09. The molecule has 0 spiro atoms. The highest BCUT2D eigenvalue weighted by Gasteiger charge is 2.15. The molecule has 0 aliphatic rings. The second-order valence-electron chi connectivity index (χ2n) is 5.37. The van der Waals surface area contributed by atoms with Gasteiger partial charge in [0.25, 0.3) is 0 Å². The number of fused-ring (bicyclic) bond motifs is 1. The number of nitrogen functional groups attached to an aromatic ring is 1. The van der Waals surface area contributed by atoms with Crippen LogP contribution >= 0.6 is 0 Å². The summed E-state index contributed by atoms with van der Waals surface area (Å²) in [5.74, 6) is 0.757. The minimum atomic E-state index is 0.285. The highest BCUT2D eigenvalue weighted by Crippen LogP contribution is 2.37. The van der Waals surface area contributed by atoms with Crippen LogP contribution in [0, 0.1) is 20.8 Å². The van der Waals surface area contributed by atoms with Crippen molar-refractivity contribution in [1.82, 2.24) is 9.97 Å². The van der Waals surface area contributed by atoms with E-state index >= 15 is 0 Å². The molecule has 0 saturated heterocycles. The largest absolute Gasteiger partial charge is 0.508 e. The van der Waals surface area contributed by atoms with Gasteiger partial charge in [-0.3, -0.25) is 0 Å². The predicted molar refractivity (Wildman–Crippen MR) is 85.3 cm³/mol. The molecule has 0 amide bonds. The number of hydrogen-bond acceptors (Lipinski definition) is 4. The summed E-state index contributed by atoms with van der Waals surface area (Å²) < 4.78 is 0. The predicted octanol–water partition coefficient (Wildman–Crippen LogP) is 3.51. The van der Waals surface area contributed by atoms with E-state index in [1.807, 2.05) is 32.9 Å². The van der Waals surface area contributed by atoms with Gasteiger partial charge in [0.2, 0.25) is 0 Å². The molecule has 1 heterocycles. The van der Waals surface area contributed by atoms with Crippen molar-refractivity contribution >= 4 is 16.7 Å². The van der Waals surface area contributed by atoms with Crippen molar-refractivity contribution in [3.05, 3.63) is 47.3 Å². The Bertz CT molecular complexity index is 856. The Morgan fingerprint density at radius 2 is 1.81 bits per heavy atom. The molecular weight excluding hydrogens is 262 g/mol. The van der Waals surface area contributed by atoms with E-state index in [-0.39, 0.29) is 5.75 Å². The fraction of sp³-hybridized carbons (Fsp3) is 0.176. The summed E-state index contributed by atoms with van der Waals surface area (Å²) in [6.45, 7) is 5.96. The number of anilines is 1. The molecule has 0 bridgehead atoms. The van der Waals surface area contributed by atoms with Gasteiger partial charge in [0.05, 0.1) is 5.52 Å². The first-order valence-electron chi connectivity index (χ1n) is 6.79. The molecule has 1 aromatic heterocycles. The van der Waals surface area contributed by atoms with Crippen molar-refractivity contribution in [2.45, 2.75) is 20.8 Å². The van der Waals surface area contributed by atoms with E-state index in [1.54, 1.807) is 6.07 Å². The van der Waals surface area contributed by atoms with Crippen LogP contribution in [0.5, 0.6) is 5.75 Å². The van der Waals surface area contributed by atoms with Crippen molar-refractivity contribution in [3.63, 3.8) is 0 Å². The van der Waals surface area contributed by atoms with Gasteiger partial charge < -0.3 is 10.8 Å². The van der Waals surface area contributed by atoms with Gasteiger partial charge in [-0.1, -0.05) is 6.07 Å². The molecule has 0 aliphatic carbocycles. The van der Waals surface area contributed by atoms with E-state index in [9.17, 15) is 5.11 Å². The molecule has 0 fully saturated rings. The van der Waals surface area contributed by atoms with E-state index < -0.39 is 0 Å². The number of phenols is 1. The van der Waals surface area contributed by atoms with Gasteiger partial charge in [-0.05, 0) is 61.2 Å². The Hall–Kier alpha value is -2.62. The fourth-order valence-electron chi connectivity index (χ4n) is 2.77. The average molecular weight is 279 g/mol. The van der Waals surface area contributed by atoms with Gasteiger partial charge in [0.15, 0.2) is 0 Å². The van der Waals surface area contributed by atoms with Crippen molar-refractivity contribution in [2.24, 2.45) is 0 Å². The zero-order valence-electron chi connectivity index (χ0n) is 12.3. The molecule has 0 atom stereocenters. The summed E-state index contributed by atoms with van der Waals surface area (Å²) in [6, 6.07) is 7.69. The minimum Gasteiger partial charge on any atom is -0.508 e. The summed E-state index contributed by atoms with van der Waals surface area (Å²) >= 11 is 0. The van der Waals surface area contributed by atoms with Crippen LogP contribution in [0.4, 0.5) is 5.82 Å². The molecule has 106 valence electrons. The van der Waals surface area contributed by atoms with Crippen molar-refractivity contribution < 1.29 is 5.11 Å². The van der Waals surface area contributed by atoms with Gasteiger partial charge in [0.1, 0.15) is 17.9 Å². The van der Waals surface area contributed by atoms with Crippen LogP contribution in [0.2, 0.25) is 0 Å². The lowest BCUT2D eigenvalue weighted by Gasteiger charge is -2.15. The lowest BCUT2D eigenvalue weighted by molar-refractivity contribution is 0.471. The van der Waals surface area contributed by atoms with Gasteiger partial charge in [-0.15, -0.1) is 0 Å². The monoisotopic (exact) mass is 279 g/mol. The highest BCUT2D eigenvalue weighted by atomic mass is 16.3. The van der Waals surface area contributed by atoms with Gasteiger partial charge >= 0.3 is 0 Å².